The summed E-state index contributed by atoms with van der Waals surface area (Å²) in [4.78, 5) is 13.2. The predicted molar refractivity (Wildman–Crippen MR) is 82.7 cm³/mol. The molecular formula is C16H11ClO2S. The molecule has 0 aliphatic carbocycles. The second-order valence-electron chi connectivity index (χ2n) is 4.31. The van der Waals surface area contributed by atoms with Gasteiger partial charge < -0.3 is 4.42 Å². The normalized spacial score (nSPS) is 10.8. The van der Waals surface area contributed by atoms with E-state index in [2.05, 4.69) is 0 Å². The molecule has 0 atom stereocenters. The van der Waals surface area contributed by atoms with Gasteiger partial charge in [0, 0.05) is 15.3 Å². The maximum absolute atomic E-state index is 12.3. The molecule has 2 aromatic carbocycles. The van der Waals surface area contributed by atoms with Crippen LogP contribution in [0, 0.1) is 0 Å². The Bertz CT molecular complexity index is 764. The van der Waals surface area contributed by atoms with Crippen molar-refractivity contribution in [3.05, 3.63) is 65.4 Å². The van der Waals surface area contributed by atoms with Gasteiger partial charge in [-0.05, 0) is 24.3 Å². The van der Waals surface area contributed by atoms with E-state index >= 15 is 0 Å². The van der Waals surface area contributed by atoms with Crippen molar-refractivity contribution in [3.63, 3.8) is 0 Å². The molecule has 0 aliphatic heterocycles. The highest BCUT2D eigenvalue weighted by molar-refractivity contribution is 8.00. The van der Waals surface area contributed by atoms with Crippen LogP contribution in [-0.4, -0.2) is 11.5 Å². The molecule has 1 aromatic heterocycles. The van der Waals surface area contributed by atoms with Gasteiger partial charge in [0.05, 0.1) is 11.3 Å². The zero-order valence-corrected chi connectivity index (χ0v) is 12.1. The van der Waals surface area contributed by atoms with E-state index in [1.165, 1.54) is 18.0 Å². The molecule has 3 aromatic rings. The molecule has 3 rings (SSSR count). The highest BCUT2D eigenvalue weighted by atomic mass is 35.5. The number of thioether (sulfide) groups is 1. The van der Waals surface area contributed by atoms with E-state index in [1.54, 1.807) is 0 Å². The molecule has 0 N–H and O–H groups in total. The van der Waals surface area contributed by atoms with Crippen LogP contribution in [0.1, 0.15) is 10.4 Å². The molecule has 0 saturated heterocycles. The van der Waals surface area contributed by atoms with E-state index in [9.17, 15) is 4.79 Å². The molecule has 0 fully saturated rings. The van der Waals surface area contributed by atoms with Crippen molar-refractivity contribution in [2.45, 2.75) is 4.90 Å². The van der Waals surface area contributed by atoms with Crippen molar-refractivity contribution >= 4 is 40.1 Å². The van der Waals surface area contributed by atoms with Crippen molar-refractivity contribution in [1.82, 2.24) is 0 Å². The summed E-state index contributed by atoms with van der Waals surface area (Å²) >= 11 is 7.40. The predicted octanol–water partition coefficient (Wildman–Crippen LogP) is 5.06. The maximum atomic E-state index is 12.3. The fourth-order valence-corrected chi connectivity index (χ4v) is 3.07. The topological polar surface area (TPSA) is 30.2 Å². The molecule has 0 saturated carbocycles. The minimum Gasteiger partial charge on any atom is -0.464 e. The Hall–Kier alpha value is -1.71. The molecule has 0 unspecified atom stereocenters. The monoisotopic (exact) mass is 302 g/mol. The zero-order valence-electron chi connectivity index (χ0n) is 10.5. The lowest BCUT2D eigenvalue weighted by Crippen LogP contribution is -2.01. The second-order valence-corrected chi connectivity index (χ2v) is 5.80. The van der Waals surface area contributed by atoms with E-state index in [0.29, 0.717) is 16.3 Å². The van der Waals surface area contributed by atoms with Gasteiger partial charge in [0.2, 0.25) is 0 Å². The molecule has 2 nitrogen and oxygen atoms in total. The number of fused-ring (bicyclic) bond motifs is 1. The quantitative estimate of drug-likeness (QED) is 0.498. The van der Waals surface area contributed by atoms with Gasteiger partial charge in [0.25, 0.3) is 0 Å². The van der Waals surface area contributed by atoms with Gasteiger partial charge in [0.1, 0.15) is 11.8 Å². The number of Topliss-reactive ketones (excluding diaryl/α,β-unsaturated/α-hetero) is 1. The van der Waals surface area contributed by atoms with Crippen molar-refractivity contribution in [3.8, 4) is 0 Å². The Morgan fingerprint density at radius 3 is 2.85 bits per heavy atom. The number of carbonyl (C=O) groups excluding carboxylic acids is 1. The van der Waals surface area contributed by atoms with Crippen LogP contribution in [0.2, 0.25) is 5.02 Å². The lowest BCUT2D eigenvalue weighted by Gasteiger charge is -2.01. The molecule has 0 aliphatic rings. The highest BCUT2D eigenvalue weighted by Crippen LogP contribution is 2.25. The van der Waals surface area contributed by atoms with Gasteiger partial charge in [-0.15, -0.1) is 11.8 Å². The van der Waals surface area contributed by atoms with Crippen LogP contribution in [-0.2, 0) is 0 Å². The minimum atomic E-state index is 0.0555. The van der Waals surface area contributed by atoms with Crippen molar-refractivity contribution in [1.29, 1.82) is 0 Å². The number of carbonyl (C=O) groups is 1. The van der Waals surface area contributed by atoms with Crippen molar-refractivity contribution in [2.75, 3.05) is 5.75 Å². The third-order valence-electron chi connectivity index (χ3n) is 2.95. The summed E-state index contributed by atoms with van der Waals surface area (Å²) in [7, 11) is 0. The van der Waals surface area contributed by atoms with Crippen LogP contribution in [0.4, 0.5) is 0 Å². The fourth-order valence-electron chi connectivity index (χ4n) is 1.98. The molecule has 0 bridgehead atoms. The van der Waals surface area contributed by atoms with Crippen molar-refractivity contribution in [2.24, 2.45) is 0 Å². The summed E-state index contributed by atoms with van der Waals surface area (Å²) in [6, 6.07) is 15.0. The van der Waals surface area contributed by atoms with E-state index in [1.807, 2.05) is 48.5 Å². The average Bonchev–Trinajstić information content (AvgIpc) is 2.89. The number of furan rings is 1. The molecular weight excluding hydrogens is 292 g/mol. The van der Waals surface area contributed by atoms with Gasteiger partial charge in [-0.1, -0.05) is 35.9 Å². The largest absolute Gasteiger partial charge is 0.464 e. The van der Waals surface area contributed by atoms with E-state index < -0.39 is 0 Å². The lowest BCUT2D eigenvalue weighted by molar-refractivity contribution is 0.102. The first-order valence-electron chi connectivity index (χ1n) is 6.12. The van der Waals surface area contributed by atoms with Gasteiger partial charge in [-0.3, -0.25) is 4.79 Å². The summed E-state index contributed by atoms with van der Waals surface area (Å²) in [6.07, 6.45) is 1.53. The molecule has 20 heavy (non-hydrogen) atoms. The average molecular weight is 303 g/mol. The standard InChI is InChI=1S/C16H11ClO2S/c17-11-4-3-5-12(8-11)20-10-15(18)14-9-19-16-7-2-1-6-13(14)16/h1-9H,10H2. The third kappa shape index (κ3) is 2.74. The fraction of sp³-hybridized carbons (Fsp3) is 0.0625. The maximum Gasteiger partial charge on any atom is 0.176 e. The number of ketones is 1. The second kappa shape index (κ2) is 5.73. The smallest absolute Gasteiger partial charge is 0.176 e. The lowest BCUT2D eigenvalue weighted by atomic mass is 10.1. The number of benzene rings is 2. The summed E-state index contributed by atoms with van der Waals surface area (Å²) in [6.45, 7) is 0. The van der Waals surface area contributed by atoms with Gasteiger partial charge in [0.15, 0.2) is 5.78 Å². The summed E-state index contributed by atoms with van der Waals surface area (Å²) in [5, 5.41) is 1.54. The Balaban J connectivity index is 1.76. The summed E-state index contributed by atoms with van der Waals surface area (Å²) in [5.74, 6) is 0.420. The number of hydrogen-bond donors (Lipinski definition) is 0. The Morgan fingerprint density at radius 2 is 2.00 bits per heavy atom. The molecule has 0 amide bonds. The van der Waals surface area contributed by atoms with Crippen LogP contribution in [0.15, 0.2) is 64.1 Å². The summed E-state index contributed by atoms with van der Waals surface area (Å²) in [5.41, 5.74) is 1.37. The van der Waals surface area contributed by atoms with Crippen molar-refractivity contribution < 1.29 is 9.21 Å². The highest BCUT2D eigenvalue weighted by Gasteiger charge is 2.13. The first-order chi connectivity index (χ1) is 9.74. The molecule has 1 heterocycles. The van der Waals surface area contributed by atoms with Gasteiger partial charge in [-0.25, -0.2) is 0 Å². The van der Waals surface area contributed by atoms with Crippen LogP contribution in [0.25, 0.3) is 11.0 Å². The van der Waals surface area contributed by atoms with E-state index in [-0.39, 0.29) is 5.78 Å². The van der Waals surface area contributed by atoms with Crippen LogP contribution in [0.3, 0.4) is 0 Å². The minimum absolute atomic E-state index is 0.0555. The molecule has 4 heteroatoms. The van der Waals surface area contributed by atoms with E-state index in [4.69, 9.17) is 16.0 Å². The summed E-state index contributed by atoms with van der Waals surface area (Å²) < 4.78 is 5.39. The Morgan fingerprint density at radius 1 is 1.15 bits per heavy atom. The zero-order chi connectivity index (χ0) is 13.9. The van der Waals surface area contributed by atoms with Crippen LogP contribution in [0.5, 0.6) is 0 Å². The Kier molecular flexibility index (Phi) is 3.81. The van der Waals surface area contributed by atoms with Gasteiger partial charge in [-0.2, -0.15) is 0 Å². The Labute approximate surface area is 125 Å². The number of hydrogen-bond acceptors (Lipinski definition) is 3. The molecule has 0 radical (unpaired) electrons. The SMILES string of the molecule is O=C(CSc1cccc(Cl)c1)c1coc2ccccc12. The molecule has 100 valence electrons. The number of rotatable bonds is 4. The van der Waals surface area contributed by atoms with Gasteiger partial charge >= 0.3 is 0 Å². The van der Waals surface area contributed by atoms with Crippen LogP contribution >= 0.6 is 23.4 Å². The number of para-hydroxylation sites is 1. The first kappa shape index (κ1) is 13.3. The third-order valence-corrected chi connectivity index (χ3v) is 4.18. The van der Waals surface area contributed by atoms with Crippen LogP contribution < -0.4 is 0 Å². The van der Waals surface area contributed by atoms with E-state index in [0.717, 1.165) is 15.9 Å². The molecule has 0 spiro atoms. The number of halogens is 1. The first-order valence-corrected chi connectivity index (χ1v) is 7.48.